The summed E-state index contributed by atoms with van der Waals surface area (Å²) in [7, 11) is -4.04. The molecule has 0 heterocycles. The second kappa shape index (κ2) is 9.32. The normalized spacial score (nSPS) is 8.10. The molecule has 0 aliphatic carbocycles. The molecule has 10 heavy (non-hydrogen) atoms. The smallest absolute Gasteiger partial charge is 0.748 e. The van der Waals surface area contributed by atoms with Gasteiger partial charge in [0.05, 0.1) is 15.9 Å². The van der Waals surface area contributed by atoms with Crippen molar-refractivity contribution in [1.82, 2.24) is 0 Å². The summed E-state index contributed by atoms with van der Waals surface area (Å²) in [6.07, 6.45) is 1.06. The largest absolute Gasteiger partial charge is 1.00 e. The average Bonchev–Trinajstić information content (AvgIpc) is 1.69. The Hall–Kier alpha value is 0.320. The summed E-state index contributed by atoms with van der Waals surface area (Å²) >= 11 is 0. The van der Waals surface area contributed by atoms with E-state index in [-0.39, 0.29) is 29.6 Å². The Kier molecular flexibility index (Phi) is 15.6. The van der Waals surface area contributed by atoms with Crippen molar-refractivity contribution in [2.45, 2.75) is 0 Å². The maximum atomic E-state index is 9.60. The predicted octanol–water partition coefficient (Wildman–Crippen LogP) is -3.46. The first kappa shape index (κ1) is 16.7. The van der Waals surface area contributed by atoms with E-state index in [1.807, 2.05) is 6.79 Å². The summed E-state index contributed by atoms with van der Waals surface area (Å²) in [5.74, 6) is -0.479. The molecule has 0 N–H and O–H groups in total. The van der Waals surface area contributed by atoms with Crippen LogP contribution in [0.4, 0.5) is 0 Å². The van der Waals surface area contributed by atoms with Gasteiger partial charge in [-0.05, 0) is 0 Å². The molecule has 0 spiro atoms. The van der Waals surface area contributed by atoms with Crippen molar-refractivity contribution in [1.29, 1.82) is 0 Å². The molecule has 0 radical (unpaired) electrons. The molecule has 0 aliphatic heterocycles. The van der Waals surface area contributed by atoms with E-state index in [2.05, 4.69) is 6.58 Å². The van der Waals surface area contributed by atoms with Gasteiger partial charge in [-0.1, -0.05) is 6.08 Å². The zero-order valence-corrected chi connectivity index (χ0v) is 8.56. The van der Waals surface area contributed by atoms with Crippen molar-refractivity contribution in [2.75, 3.05) is 5.75 Å². The minimum absolute atomic E-state index is 0. The summed E-state index contributed by atoms with van der Waals surface area (Å²) in [5, 5.41) is 0. The van der Waals surface area contributed by atoms with E-state index >= 15 is 0 Å². The van der Waals surface area contributed by atoms with Gasteiger partial charge in [-0.15, -0.1) is 6.58 Å². The molecule has 6 heteroatoms. The maximum absolute atomic E-state index is 9.60. The molecule has 0 fully saturated rings. The first-order chi connectivity index (χ1) is 4.06. The minimum Gasteiger partial charge on any atom is -0.748 e. The van der Waals surface area contributed by atoms with Crippen molar-refractivity contribution in [3.8, 4) is 0 Å². The van der Waals surface area contributed by atoms with Crippen LogP contribution in [0.25, 0.3) is 0 Å². The van der Waals surface area contributed by atoms with Crippen LogP contribution in [0.5, 0.6) is 0 Å². The fourth-order valence-corrected chi connectivity index (χ4v) is 0.433. The number of carbonyl (C=O) groups is 1. The fourth-order valence-electron chi connectivity index (χ4n) is 0.144. The van der Waals surface area contributed by atoms with E-state index in [4.69, 9.17) is 4.79 Å². The number of rotatable bonds is 2. The van der Waals surface area contributed by atoms with Crippen LogP contribution >= 0.6 is 0 Å². The second-order valence-corrected chi connectivity index (χ2v) is 2.46. The summed E-state index contributed by atoms with van der Waals surface area (Å²) in [4.78, 5) is 8.00. The first-order valence-electron chi connectivity index (χ1n) is 1.89. The third-order valence-corrected chi connectivity index (χ3v) is 0.966. The van der Waals surface area contributed by atoms with Crippen LogP contribution in [0.15, 0.2) is 12.7 Å². The molecule has 0 aliphatic rings. The zero-order chi connectivity index (χ0) is 7.91. The molecule has 0 atom stereocenters. The molecule has 0 aromatic carbocycles. The van der Waals surface area contributed by atoms with Crippen LogP contribution in [0.1, 0.15) is 0 Å². The molecule has 0 bridgehead atoms. The van der Waals surface area contributed by atoms with Gasteiger partial charge in [-0.2, -0.15) is 0 Å². The van der Waals surface area contributed by atoms with E-state index in [1.54, 1.807) is 0 Å². The van der Waals surface area contributed by atoms with Gasteiger partial charge in [0, 0.05) is 0 Å². The SMILES string of the molecule is C=CCS(=O)(=O)[O-].C=O.[Na+]. The number of carbonyl (C=O) groups excluding carboxylic acids is 1. The standard InChI is InChI=1S/C3H6O3S.CH2O.Na/c1-2-3-7(4,5)6;1-2;/h2H,1,3H2,(H,4,5,6);1H2;/q;;+1/p-1. The van der Waals surface area contributed by atoms with Crippen LogP contribution in [0.3, 0.4) is 0 Å². The van der Waals surface area contributed by atoms with Crippen molar-refractivity contribution >= 4 is 16.9 Å². The van der Waals surface area contributed by atoms with Crippen LogP contribution in [-0.2, 0) is 14.9 Å². The van der Waals surface area contributed by atoms with Crippen LogP contribution in [0, 0.1) is 0 Å². The Morgan fingerprint density at radius 3 is 1.70 bits per heavy atom. The van der Waals surface area contributed by atoms with Gasteiger partial charge in [-0.25, -0.2) is 8.42 Å². The van der Waals surface area contributed by atoms with Gasteiger partial charge >= 0.3 is 29.6 Å². The average molecular weight is 174 g/mol. The van der Waals surface area contributed by atoms with E-state index in [0.29, 0.717) is 0 Å². The Labute approximate surface area is 82.4 Å². The van der Waals surface area contributed by atoms with Crippen LogP contribution < -0.4 is 29.6 Å². The van der Waals surface area contributed by atoms with Gasteiger partial charge in [0.1, 0.15) is 6.79 Å². The van der Waals surface area contributed by atoms with Crippen molar-refractivity contribution in [3.63, 3.8) is 0 Å². The molecular formula is C4H7NaO4S. The Balaban J connectivity index is -0.000000149. The van der Waals surface area contributed by atoms with E-state index < -0.39 is 15.9 Å². The van der Waals surface area contributed by atoms with E-state index in [9.17, 15) is 13.0 Å². The molecule has 4 nitrogen and oxygen atoms in total. The third-order valence-electron chi connectivity index (χ3n) is 0.322. The summed E-state index contributed by atoms with van der Waals surface area (Å²) in [6, 6.07) is 0. The summed E-state index contributed by atoms with van der Waals surface area (Å²) in [5.41, 5.74) is 0. The molecule has 0 aromatic heterocycles. The van der Waals surface area contributed by atoms with Gasteiger partial charge in [-0.3, -0.25) is 0 Å². The number of hydrogen-bond acceptors (Lipinski definition) is 4. The molecule has 0 rings (SSSR count). The molecule has 0 unspecified atom stereocenters. The monoisotopic (exact) mass is 174 g/mol. The Morgan fingerprint density at radius 1 is 1.40 bits per heavy atom. The molecular weight excluding hydrogens is 167 g/mol. The number of hydrogen-bond donors (Lipinski definition) is 0. The Morgan fingerprint density at radius 2 is 1.70 bits per heavy atom. The predicted molar refractivity (Wildman–Crippen MR) is 31.9 cm³/mol. The second-order valence-electron chi connectivity index (χ2n) is 1.01. The van der Waals surface area contributed by atoms with E-state index in [1.165, 1.54) is 0 Å². The quantitative estimate of drug-likeness (QED) is 0.248. The van der Waals surface area contributed by atoms with Crippen LogP contribution in [-0.4, -0.2) is 25.5 Å². The fraction of sp³-hybridized carbons (Fsp3) is 0.250. The molecule has 0 amide bonds. The van der Waals surface area contributed by atoms with Crippen molar-refractivity contribution in [2.24, 2.45) is 0 Å². The zero-order valence-electron chi connectivity index (χ0n) is 5.74. The van der Waals surface area contributed by atoms with Crippen molar-refractivity contribution in [3.05, 3.63) is 12.7 Å². The summed E-state index contributed by atoms with van der Waals surface area (Å²) < 4.78 is 28.8. The van der Waals surface area contributed by atoms with Gasteiger partial charge < -0.3 is 9.35 Å². The van der Waals surface area contributed by atoms with Gasteiger partial charge in [0.25, 0.3) is 0 Å². The van der Waals surface area contributed by atoms with E-state index in [0.717, 1.165) is 6.08 Å². The van der Waals surface area contributed by atoms with Crippen LogP contribution in [0.2, 0.25) is 0 Å². The topological polar surface area (TPSA) is 74.3 Å². The Bertz CT molecular complexity index is 162. The third kappa shape index (κ3) is 23.9. The maximum Gasteiger partial charge on any atom is 1.00 e. The molecule has 0 saturated heterocycles. The minimum atomic E-state index is -4.04. The van der Waals surface area contributed by atoms with Crippen molar-refractivity contribution < 1.29 is 47.3 Å². The molecule has 0 saturated carbocycles. The van der Waals surface area contributed by atoms with Gasteiger partial charge in [0.2, 0.25) is 0 Å². The molecule has 0 aromatic rings. The molecule has 54 valence electrons. The first-order valence-corrected chi connectivity index (χ1v) is 3.47. The summed E-state index contributed by atoms with van der Waals surface area (Å²) in [6.45, 7) is 5.07. The van der Waals surface area contributed by atoms with Gasteiger partial charge in [0.15, 0.2) is 0 Å².